The number of fused-ring (bicyclic) bond motifs is 1. The molecule has 114 valence electrons. The maximum Gasteiger partial charge on any atom is 0.180 e. The summed E-state index contributed by atoms with van der Waals surface area (Å²) >= 11 is 3.40. The van der Waals surface area contributed by atoms with E-state index < -0.39 is 0 Å². The van der Waals surface area contributed by atoms with E-state index in [4.69, 9.17) is 0 Å². The maximum atomic E-state index is 9.44. The predicted octanol–water partition coefficient (Wildman–Crippen LogP) is 3.51. The molecule has 22 heavy (non-hydrogen) atoms. The van der Waals surface area contributed by atoms with Crippen LogP contribution in [0, 0.1) is 0 Å². The Kier molecular flexibility index (Phi) is 3.88. The topological polar surface area (TPSA) is 62.5 Å². The first-order chi connectivity index (χ1) is 10.5. The van der Waals surface area contributed by atoms with E-state index >= 15 is 0 Å². The van der Waals surface area contributed by atoms with E-state index in [0.717, 1.165) is 21.5 Å². The number of hydrogen-bond donors (Lipinski definition) is 2. The van der Waals surface area contributed by atoms with Gasteiger partial charge < -0.3 is 14.8 Å². The second-order valence-electron chi connectivity index (χ2n) is 5.81. The van der Waals surface area contributed by atoms with Crippen molar-refractivity contribution in [3.63, 3.8) is 0 Å². The minimum atomic E-state index is -0.247. The van der Waals surface area contributed by atoms with Crippen LogP contribution in [0.1, 0.15) is 19.4 Å². The molecule has 2 heterocycles. The van der Waals surface area contributed by atoms with Gasteiger partial charge in [-0.05, 0) is 33.6 Å². The van der Waals surface area contributed by atoms with Crippen molar-refractivity contribution >= 4 is 33.1 Å². The molecule has 0 unspecified atom stereocenters. The van der Waals surface area contributed by atoms with Gasteiger partial charge in [-0.25, -0.2) is 9.97 Å². The fourth-order valence-corrected chi connectivity index (χ4v) is 2.62. The van der Waals surface area contributed by atoms with Gasteiger partial charge in [0.25, 0.3) is 0 Å². The summed E-state index contributed by atoms with van der Waals surface area (Å²) < 4.78 is 2.64. The highest BCUT2D eigenvalue weighted by atomic mass is 79.9. The molecule has 0 spiro atoms. The van der Waals surface area contributed by atoms with E-state index in [1.165, 1.54) is 0 Å². The first-order valence-corrected chi connectivity index (χ1v) is 7.76. The third-order valence-corrected chi connectivity index (χ3v) is 4.05. The first-order valence-electron chi connectivity index (χ1n) is 6.97. The molecule has 0 amide bonds. The minimum absolute atomic E-state index is 0.113. The second-order valence-corrected chi connectivity index (χ2v) is 6.63. The number of benzene rings is 1. The van der Waals surface area contributed by atoms with E-state index in [1.54, 1.807) is 6.20 Å². The third-order valence-electron chi connectivity index (χ3n) is 3.67. The van der Waals surface area contributed by atoms with Crippen LogP contribution in [0.25, 0.3) is 5.65 Å². The summed E-state index contributed by atoms with van der Waals surface area (Å²) in [6.45, 7) is 4.14. The lowest BCUT2D eigenvalue weighted by molar-refractivity contribution is 0.218. The van der Waals surface area contributed by atoms with Crippen LogP contribution in [0.4, 0.5) is 11.5 Å². The van der Waals surface area contributed by atoms with Gasteiger partial charge in [-0.1, -0.05) is 26.0 Å². The van der Waals surface area contributed by atoms with Gasteiger partial charge in [0.15, 0.2) is 11.5 Å². The van der Waals surface area contributed by atoms with Crippen molar-refractivity contribution in [2.75, 3.05) is 11.9 Å². The zero-order chi connectivity index (χ0) is 15.7. The Morgan fingerprint density at radius 1 is 1.27 bits per heavy atom. The zero-order valence-corrected chi connectivity index (χ0v) is 14.0. The lowest BCUT2D eigenvalue weighted by Crippen LogP contribution is -2.21. The number of imidazole rings is 1. The van der Waals surface area contributed by atoms with Gasteiger partial charge in [0.05, 0.1) is 6.61 Å². The molecule has 2 N–H and O–H groups in total. The van der Waals surface area contributed by atoms with Gasteiger partial charge in [-0.3, -0.25) is 0 Å². The van der Waals surface area contributed by atoms with E-state index in [-0.39, 0.29) is 12.0 Å². The zero-order valence-electron chi connectivity index (χ0n) is 12.4. The van der Waals surface area contributed by atoms with E-state index in [1.807, 2.05) is 54.9 Å². The molecule has 6 heteroatoms. The van der Waals surface area contributed by atoms with Gasteiger partial charge in [-0.2, -0.15) is 0 Å². The van der Waals surface area contributed by atoms with Crippen LogP contribution in [0.15, 0.2) is 47.5 Å². The second kappa shape index (κ2) is 5.70. The molecule has 0 saturated carbocycles. The van der Waals surface area contributed by atoms with Gasteiger partial charge in [0.1, 0.15) is 4.60 Å². The molecule has 0 aliphatic carbocycles. The Morgan fingerprint density at radius 3 is 2.68 bits per heavy atom. The first kappa shape index (κ1) is 15.0. The average molecular weight is 361 g/mol. The van der Waals surface area contributed by atoms with Crippen LogP contribution < -0.4 is 5.32 Å². The lowest BCUT2D eigenvalue weighted by atomic mass is 9.85. The van der Waals surface area contributed by atoms with Gasteiger partial charge in [0.2, 0.25) is 0 Å². The number of hydrogen-bond acceptors (Lipinski definition) is 4. The Bertz CT molecular complexity index is 796. The predicted molar refractivity (Wildman–Crippen MR) is 90.5 cm³/mol. The highest BCUT2D eigenvalue weighted by Gasteiger charge is 2.19. The monoisotopic (exact) mass is 360 g/mol. The van der Waals surface area contributed by atoms with Gasteiger partial charge in [0, 0.05) is 29.7 Å². The number of rotatable bonds is 4. The van der Waals surface area contributed by atoms with Crippen molar-refractivity contribution in [1.82, 2.24) is 14.4 Å². The van der Waals surface area contributed by atoms with Crippen LogP contribution in [0.3, 0.4) is 0 Å². The molecule has 0 aliphatic rings. The van der Waals surface area contributed by atoms with Crippen LogP contribution in [0.5, 0.6) is 0 Å². The molecule has 0 radical (unpaired) electrons. The number of aliphatic hydroxyl groups excluding tert-OH is 1. The SMILES string of the molecule is CC(C)(CO)c1ccc(Nc2nc(Br)cn3ccnc23)cc1. The quantitative estimate of drug-likeness (QED) is 0.747. The number of nitrogens with zero attached hydrogens (tertiary/aromatic N) is 3. The minimum Gasteiger partial charge on any atom is -0.395 e. The van der Waals surface area contributed by atoms with Crippen molar-refractivity contribution in [2.24, 2.45) is 0 Å². The molecule has 1 aromatic carbocycles. The number of aliphatic hydroxyl groups is 1. The molecule has 2 aromatic heterocycles. The van der Waals surface area contributed by atoms with Crippen molar-refractivity contribution in [3.8, 4) is 0 Å². The summed E-state index contributed by atoms with van der Waals surface area (Å²) in [6.07, 6.45) is 5.47. The number of nitrogens with one attached hydrogen (secondary N) is 1. The lowest BCUT2D eigenvalue weighted by Gasteiger charge is -2.22. The molecule has 0 bridgehead atoms. The van der Waals surface area contributed by atoms with Gasteiger partial charge in [-0.15, -0.1) is 0 Å². The third kappa shape index (κ3) is 2.84. The Labute approximate surface area is 137 Å². The molecule has 3 aromatic rings. The largest absolute Gasteiger partial charge is 0.395 e. The molecule has 0 atom stereocenters. The molecular weight excluding hydrogens is 344 g/mol. The molecule has 3 rings (SSSR count). The van der Waals surface area contributed by atoms with Gasteiger partial charge >= 0.3 is 0 Å². The number of aromatic nitrogens is 3. The Balaban J connectivity index is 1.91. The Morgan fingerprint density at radius 2 is 2.00 bits per heavy atom. The standard InChI is InChI=1S/C16H17BrN4O/c1-16(2,10-22)11-3-5-12(6-4-11)19-14-15-18-7-8-21(15)9-13(17)20-14/h3-9,22H,10H2,1-2H3,(H,19,20). The summed E-state index contributed by atoms with van der Waals surface area (Å²) in [5.74, 6) is 0.688. The smallest absolute Gasteiger partial charge is 0.180 e. The fourth-order valence-electron chi connectivity index (χ4n) is 2.22. The summed E-state index contributed by atoms with van der Waals surface area (Å²) in [5.41, 5.74) is 2.53. The Hall–Kier alpha value is -1.92. The summed E-state index contributed by atoms with van der Waals surface area (Å²) in [6, 6.07) is 7.99. The van der Waals surface area contributed by atoms with E-state index in [0.29, 0.717) is 5.82 Å². The van der Waals surface area contributed by atoms with Crippen molar-refractivity contribution < 1.29 is 5.11 Å². The summed E-state index contributed by atoms with van der Waals surface area (Å²) in [7, 11) is 0. The van der Waals surface area contributed by atoms with Crippen molar-refractivity contribution in [1.29, 1.82) is 0 Å². The molecule has 0 saturated heterocycles. The molecular formula is C16H17BrN4O. The highest BCUT2D eigenvalue weighted by Crippen LogP contribution is 2.26. The summed E-state index contributed by atoms with van der Waals surface area (Å²) in [4.78, 5) is 8.75. The van der Waals surface area contributed by atoms with E-state index in [2.05, 4.69) is 31.2 Å². The molecule has 0 aliphatic heterocycles. The van der Waals surface area contributed by atoms with Crippen molar-refractivity contribution in [2.45, 2.75) is 19.3 Å². The van der Waals surface area contributed by atoms with Crippen LogP contribution in [-0.4, -0.2) is 26.1 Å². The number of anilines is 2. The average Bonchev–Trinajstić information content (AvgIpc) is 2.96. The number of halogens is 1. The highest BCUT2D eigenvalue weighted by molar-refractivity contribution is 9.10. The normalized spacial score (nSPS) is 11.8. The summed E-state index contributed by atoms with van der Waals surface area (Å²) in [5, 5.41) is 12.7. The molecule has 5 nitrogen and oxygen atoms in total. The van der Waals surface area contributed by atoms with E-state index in [9.17, 15) is 5.11 Å². The van der Waals surface area contributed by atoms with Crippen LogP contribution in [0.2, 0.25) is 0 Å². The fraction of sp³-hybridized carbons (Fsp3) is 0.250. The van der Waals surface area contributed by atoms with Crippen LogP contribution in [-0.2, 0) is 5.41 Å². The molecule has 0 fully saturated rings. The maximum absolute atomic E-state index is 9.44. The van der Waals surface area contributed by atoms with Crippen LogP contribution >= 0.6 is 15.9 Å². The van der Waals surface area contributed by atoms with Crippen molar-refractivity contribution in [3.05, 3.63) is 53.0 Å².